The second kappa shape index (κ2) is 12.8. The van der Waals surface area contributed by atoms with Crippen LogP contribution < -0.4 is 5.32 Å². The Morgan fingerprint density at radius 1 is 1.11 bits per heavy atom. The van der Waals surface area contributed by atoms with E-state index < -0.39 is 0 Å². The molecular formula is C19H35IN4O4. The van der Waals surface area contributed by atoms with Crippen LogP contribution in [0.2, 0.25) is 0 Å². The van der Waals surface area contributed by atoms with Crippen molar-refractivity contribution in [1.82, 2.24) is 15.1 Å². The lowest BCUT2D eigenvalue weighted by atomic mass is 10.1. The third-order valence-corrected chi connectivity index (χ3v) is 5.43. The van der Waals surface area contributed by atoms with Gasteiger partial charge >= 0.3 is 0 Å². The molecule has 8 nitrogen and oxygen atoms in total. The zero-order valence-corrected chi connectivity index (χ0v) is 19.3. The highest BCUT2D eigenvalue weighted by atomic mass is 127. The fourth-order valence-corrected chi connectivity index (χ4v) is 3.81. The summed E-state index contributed by atoms with van der Waals surface area (Å²) in [5.41, 5.74) is 0. The summed E-state index contributed by atoms with van der Waals surface area (Å²) >= 11 is 0. The first-order valence-corrected chi connectivity index (χ1v) is 10.3. The van der Waals surface area contributed by atoms with E-state index in [1.165, 1.54) is 0 Å². The number of halogens is 1. The van der Waals surface area contributed by atoms with Crippen LogP contribution in [-0.2, 0) is 19.0 Å². The maximum Gasteiger partial charge on any atom is 0.251 e. The monoisotopic (exact) mass is 510 g/mol. The third-order valence-electron chi connectivity index (χ3n) is 5.43. The minimum atomic E-state index is -0.218. The number of ether oxygens (including phenoxy) is 3. The quantitative estimate of drug-likeness (QED) is 0.250. The standard InChI is InChI=1S/C19H34N4O4.HI/c1-20-19(21-7-3-13-26-16-5-14-25-15-6-16)23-10-8-22(9-11-23)18(24)17-4-2-12-27-17;/h16-17H,2-15H2,1H3,(H,20,21);1H. The van der Waals surface area contributed by atoms with Gasteiger partial charge in [-0.15, -0.1) is 24.0 Å². The Kier molecular flexibility index (Phi) is 10.8. The second-order valence-corrected chi connectivity index (χ2v) is 7.32. The molecule has 162 valence electrons. The van der Waals surface area contributed by atoms with E-state index in [2.05, 4.69) is 15.2 Å². The Morgan fingerprint density at radius 3 is 2.46 bits per heavy atom. The first kappa shape index (κ1) is 23.6. The van der Waals surface area contributed by atoms with Gasteiger partial charge in [-0.2, -0.15) is 0 Å². The van der Waals surface area contributed by atoms with Crippen LogP contribution in [0.5, 0.6) is 0 Å². The molecule has 28 heavy (non-hydrogen) atoms. The number of rotatable bonds is 6. The van der Waals surface area contributed by atoms with Crippen molar-refractivity contribution in [3.05, 3.63) is 0 Å². The van der Waals surface area contributed by atoms with Crippen molar-refractivity contribution in [1.29, 1.82) is 0 Å². The summed E-state index contributed by atoms with van der Waals surface area (Å²) in [4.78, 5) is 21.0. The van der Waals surface area contributed by atoms with Crippen LogP contribution in [0.15, 0.2) is 4.99 Å². The van der Waals surface area contributed by atoms with Gasteiger partial charge in [0.05, 0.1) is 6.10 Å². The number of hydrogen-bond acceptors (Lipinski definition) is 5. The Bertz CT molecular complexity index is 488. The highest BCUT2D eigenvalue weighted by Gasteiger charge is 2.30. The van der Waals surface area contributed by atoms with E-state index in [1.54, 1.807) is 0 Å². The van der Waals surface area contributed by atoms with Crippen molar-refractivity contribution in [3.63, 3.8) is 0 Å². The minimum absolute atomic E-state index is 0. The molecule has 0 aromatic carbocycles. The van der Waals surface area contributed by atoms with Crippen molar-refractivity contribution in [2.75, 3.05) is 66.2 Å². The molecule has 0 spiro atoms. The molecular weight excluding hydrogens is 475 g/mol. The van der Waals surface area contributed by atoms with Crippen LogP contribution in [0.25, 0.3) is 0 Å². The SMILES string of the molecule is CN=C(NCCCOC1CCOCC1)N1CCN(C(=O)C2CCCO2)CC1.I. The second-order valence-electron chi connectivity index (χ2n) is 7.32. The average molecular weight is 510 g/mol. The molecule has 3 aliphatic rings. The number of nitrogens with one attached hydrogen (secondary N) is 1. The lowest BCUT2D eigenvalue weighted by Crippen LogP contribution is -2.55. The van der Waals surface area contributed by atoms with Crippen molar-refractivity contribution in [2.24, 2.45) is 4.99 Å². The van der Waals surface area contributed by atoms with Crippen LogP contribution >= 0.6 is 24.0 Å². The molecule has 3 heterocycles. The van der Waals surface area contributed by atoms with Gasteiger partial charge in [0, 0.05) is 66.2 Å². The summed E-state index contributed by atoms with van der Waals surface area (Å²) < 4.78 is 16.8. The van der Waals surface area contributed by atoms with Gasteiger partial charge < -0.3 is 29.3 Å². The average Bonchev–Trinajstić information content (AvgIpc) is 3.26. The summed E-state index contributed by atoms with van der Waals surface area (Å²) in [5, 5.41) is 3.42. The minimum Gasteiger partial charge on any atom is -0.381 e. The molecule has 3 fully saturated rings. The zero-order valence-electron chi connectivity index (χ0n) is 16.9. The number of amides is 1. The van der Waals surface area contributed by atoms with E-state index >= 15 is 0 Å². The van der Waals surface area contributed by atoms with Gasteiger partial charge in [-0.25, -0.2) is 0 Å². The van der Waals surface area contributed by atoms with E-state index in [0.717, 1.165) is 90.6 Å². The molecule has 1 amide bonds. The van der Waals surface area contributed by atoms with Crippen molar-refractivity contribution in [2.45, 2.75) is 44.3 Å². The van der Waals surface area contributed by atoms with Gasteiger partial charge in [0.15, 0.2) is 5.96 Å². The van der Waals surface area contributed by atoms with Crippen LogP contribution in [-0.4, -0.2) is 100 Å². The Morgan fingerprint density at radius 2 is 1.82 bits per heavy atom. The lowest BCUT2D eigenvalue weighted by molar-refractivity contribution is -0.142. The maximum atomic E-state index is 12.4. The molecule has 3 saturated heterocycles. The Balaban J connectivity index is 0.00000280. The predicted octanol–water partition coefficient (Wildman–Crippen LogP) is 1.09. The summed E-state index contributed by atoms with van der Waals surface area (Å²) in [6, 6.07) is 0. The molecule has 0 radical (unpaired) electrons. The van der Waals surface area contributed by atoms with Gasteiger partial charge in [0.1, 0.15) is 6.10 Å². The number of carbonyl (C=O) groups excluding carboxylic acids is 1. The van der Waals surface area contributed by atoms with Crippen LogP contribution in [0, 0.1) is 0 Å². The topological polar surface area (TPSA) is 75.6 Å². The highest BCUT2D eigenvalue weighted by molar-refractivity contribution is 14.0. The number of carbonyl (C=O) groups is 1. The maximum absolute atomic E-state index is 12.4. The summed E-state index contributed by atoms with van der Waals surface area (Å²) in [5.74, 6) is 1.06. The van der Waals surface area contributed by atoms with Gasteiger partial charge in [-0.05, 0) is 32.1 Å². The molecule has 0 bridgehead atoms. The van der Waals surface area contributed by atoms with Crippen LogP contribution in [0.3, 0.4) is 0 Å². The molecule has 0 saturated carbocycles. The number of hydrogen-bond donors (Lipinski definition) is 1. The Hall–Kier alpha value is -0.650. The molecule has 3 aliphatic heterocycles. The molecule has 1 N–H and O–H groups in total. The van der Waals surface area contributed by atoms with E-state index in [0.29, 0.717) is 12.7 Å². The highest BCUT2D eigenvalue weighted by Crippen LogP contribution is 2.16. The predicted molar refractivity (Wildman–Crippen MR) is 118 cm³/mol. The fourth-order valence-electron chi connectivity index (χ4n) is 3.81. The van der Waals surface area contributed by atoms with Crippen LogP contribution in [0.4, 0.5) is 0 Å². The molecule has 1 unspecified atom stereocenters. The van der Waals surface area contributed by atoms with Crippen molar-refractivity contribution < 1.29 is 19.0 Å². The first-order valence-electron chi connectivity index (χ1n) is 10.3. The van der Waals surface area contributed by atoms with Gasteiger partial charge in [-0.1, -0.05) is 0 Å². The molecule has 1 atom stereocenters. The number of guanidine groups is 1. The van der Waals surface area contributed by atoms with Gasteiger partial charge in [-0.3, -0.25) is 9.79 Å². The largest absolute Gasteiger partial charge is 0.381 e. The van der Waals surface area contributed by atoms with Crippen LogP contribution in [0.1, 0.15) is 32.1 Å². The van der Waals surface area contributed by atoms with Gasteiger partial charge in [0.2, 0.25) is 0 Å². The summed E-state index contributed by atoms with van der Waals surface area (Å²) in [6.45, 7) is 7.01. The van der Waals surface area contributed by atoms with E-state index in [9.17, 15) is 4.79 Å². The van der Waals surface area contributed by atoms with E-state index in [1.807, 2.05) is 11.9 Å². The van der Waals surface area contributed by atoms with Crippen molar-refractivity contribution >= 4 is 35.8 Å². The fraction of sp³-hybridized carbons (Fsp3) is 0.895. The van der Waals surface area contributed by atoms with E-state index in [4.69, 9.17) is 14.2 Å². The van der Waals surface area contributed by atoms with Gasteiger partial charge in [0.25, 0.3) is 5.91 Å². The smallest absolute Gasteiger partial charge is 0.251 e. The first-order chi connectivity index (χ1) is 13.3. The summed E-state index contributed by atoms with van der Waals surface area (Å²) in [6.07, 6.45) is 4.95. The molecule has 3 rings (SSSR count). The molecule has 0 aromatic rings. The third kappa shape index (κ3) is 7.00. The molecule has 0 aliphatic carbocycles. The normalized spacial score (nSPS) is 24.2. The molecule has 9 heteroatoms. The number of piperazine rings is 1. The van der Waals surface area contributed by atoms with Crippen molar-refractivity contribution in [3.8, 4) is 0 Å². The lowest BCUT2D eigenvalue weighted by Gasteiger charge is -2.37. The van der Waals surface area contributed by atoms with E-state index in [-0.39, 0.29) is 36.0 Å². The number of nitrogens with zero attached hydrogens (tertiary/aromatic N) is 3. The molecule has 0 aromatic heterocycles. The number of aliphatic imine (C=N–C) groups is 1. The Labute approximate surface area is 185 Å². The zero-order chi connectivity index (χ0) is 18.9. The summed E-state index contributed by atoms with van der Waals surface area (Å²) in [7, 11) is 1.81.